The zero-order chi connectivity index (χ0) is 17.1. The van der Waals surface area contributed by atoms with Crippen LogP contribution >= 0.6 is 11.3 Å². The van der Waals surface area contributed by atoms with E-state index in [-0.39, 0.29) is 12.2 Å². The number of aromatic nitrogens is 6. The third kappa shape index (κ3) is 1.97. The van der Waals surface area contributed by atoms with Crippen LogP contribution in [0.25, 0.3) is 32.2 Å². The number of rotatable bonds is 2. The number of hydrogen-bond acceptors (Lipinski definition) is 5. The maximum absolute atomic E-state index is 13.0. The lowest BCUT2D eigenvalue weighted by Crippen LogP contribution is -2.27. The molecule has 0 aliphatic rings. The van der Waals surface area contributed by atoms with E-state index in [1.54, 1.807) is 22.2 Å². The Bertz CT molecular complexity index is 1320. The Kier molecular flexibility index (Phi) is 2.87. The van der Waals surface area contributed by atoms with Gasteiger partial charge < -0.3 is 4.57 Å². The van der Waals surface area contributed by atoms with E-state index < -0.39 is 0 Å². The Hall–Kier alpha value is -3.00. The Labute approximate surface area is 145 Å². The molecule has 4 aromatic heterocycles. The predicted molar refractivity (Wildman–Crippen MR) is 98.0 cm³/mol. The largest absolute Gasteiger partial charge is 0.338 e. The molecule has 5 rings (SSSR count). The van der Waals surface area contributed by atoms with Crippen LogP contribution in [0.15, 0.2) is 41.3 Å². The summed E-state index contributed by atoms with van der Waals surface area (Å²) < 4.78 is 6.18. The van der Waals surface area contributed by atoms with Crippen molar-refractivity contribution in [1.29, 1.82) is 0 Å². The van der Waals surface area contributed by atoms with Crippen LogP contribution in [0.1, 0.15) is 4.88 Å². The predicted octanol–water partition coefficient (Wildman–Crippen LogP) is 2.51. The van der Waals surface area contributed by atoms with Gasteiger partial charge in [0, 0.05) is 17.3 Å². The third-order valence-electron chi connectivity index (χ3n) is 4.48. The molecule has 0 saturated heterocycles. The Balaban J connectivity index is 1.71. The molecular formula is C17H14N6OS. The Morgan fingerprint density at radius 2 is 2.00 bits per heavy atom. The average Bonchev–Trinajstić information content (AvgIpc) is 3.26. The summed E-state index contributed by atoms with van der Waals surface area (Å²) in [6.07, 6.45) is 1.77. The van der Waals surface area contributed by atoms with E-state index in [0.717, 1.165) is 26.6 Å². The van der Waals surface area contributed by atoms with Gasteiger partial charge in [-0.25, -0.2) is 9.36 Å². The Morgan fingerprint density at radius 3 is 2.88 bits per heavy atom. The van der Waals surface area contributed by atoms with E-state index in [4.69, 9.17) is 0 Å². The number of para-hydroxylation sites is 1. The minimum atomic E-state index is -0.124. The van der Waals surface area contributed by atoms with Crippen LogP contribution in [0.3, 0.4) is 0 Å². The first-order valence-electron chi connectivity index (χ1n) is 7.86. The van der Waals surface area contributed by atoms with E-state index in [2.05, 4.69) is 28.4 Å². The number of aryl methyl sites for hydroxylation is 2. The summed E-state index contributed by atoms with van der Waals surface area (Å²) in [6.45, 7) is 2.30. The van der Waals surface area contributed by atoms with Crippen LogP contribution in [0, 0.1) is 6.92 Å². The minimum Gasteiger partial charge on any atom is -0.338 e. The fraction of sp³-hybridized carbons (Fsp3) is 0.176. The van der Waals surface area contributed by atoms with Gasteiger partial charge in [-0.05, 0) is 25.1 Å². The van der Waals surface area contributed by atoms with E-state index in [1.807, 2.05) is 35.9 Å². The smallest absolute Gasteiger partial charge is 0.293 e. The van der Waals surface area contributed by atoms with Crippen LogP contribution in [-0.2, 0) is 13.7 Å². The summed E-state index contributed by atoms with van der Waals surface area (Å²) >= 11 is 1.69. The van der Waals surface area contributed by atoms with Crippen molar-refractivity contribution in [2.45, 2.75) is 13.6 Å². The highest BCUT2D eigenvalue weighted by molar-refractivity contribution is 7.20. The van der Waals surface area contributed by atoms with Crippen molar-refractivity contribution in [2.24, 2.45) is 7.05 Å². The summed E-state index contributed by atoms with van der Waals surface area (Å²) in [5.74, 6) is 0. The summed E-state index contributed by atoms with van der Waals surface area (Å²) in [5, 5.41) is 13.5. The summed E-state index contributed by atoms with van der Waals surface area (Å²) in [4.78, 5) is 14.2. The van der Waals surface area contributed by atoms with Crippen molar-refractivity contribution >= 4 is 43.5 Å². The average molecular weight is 350 g/mol. The summed E-state index contributed by atoms with van der Waals surface area (Å²) in [7, 11) is 1.92. The molecule has 0 bridgehead atoms. The van der Waals surface area contributed by atoms with E-state index in [9.17, 15) is 4.79 Å². The molecule has 0 atom stereocenters. The quantitative estimate of drug-likeness (QED) is 0.490. The van der Waals surface area contributed by atoms with E-state index >= 15 is 0 Å². The molecule has 124 valence electrons. The van der Waals surface area contributed by atoms with E-state index in [1.165, 1.54) is 9.56 Å². The minimum absolute atomic E-state index is 0.124. The van der Waals surface area contributed by atoms with Gasteiger partial charge in [0.1, 0.15) is 17.7 Å². The molecular weight excluding hydrogens is 336 g/mol. The van der Waals surface area contributed by atoms with Crippen molar-refractivity contribution in [3.8, 4) is 0 Å². The lowest BCUT2D eigenvalue weighted by molar-refractivity contribution is 0.483. The molecule has 5 aromatic rings. The van der Waals surface area contributed by atoms with Crippen molar-refractivity contribution in [1.82, 2.24) is 29.3 Å². The molecule has 0 aliphatic heterocycles. The van der Waals surface area contributed by atoms with Gasteiger partial charge in [-0.3, -0.25) is 4.79 Å². The number of fused-ring (bicyclic) bond motifs is 4. The second-order valence-electron chi connectivity index (χ2n) is 6.06. The lowest BCUT2D eigenvalue weighted by Gasteiger charge is -2.06. The van der Waals surface area contributed by atoms with Crippen molar-refractivity contribution in [3.05, 3.63) is 51.8 Å². The maximum atomic E-state index is 13.0. The SMILES string of the molecule is Cc1cc2c(s1)c1cnn(Cn3nnc4ccccc43)c(=O)c1n2C. The molecule has 0 amide bonds. The number of hydrogen-bond donors (Lipinski definition) is 0. The molecule has 0 unspecified atom stereocenters. The van der Waals surface area contributed by atoms with Crippen LogP contribution in [0.5, 0.6) is 0 Å². The lowest BCUT2D eigenvalue weighted by atomic mass is 10.3. The molecule has 25 heavy (non-hydrogen) atoms. The molecule has 8 heteroatoms. The van der Waals surface area contributed by atoms with Crippen LogP contribution in [0.2, 0.25) is 0 Å². The number of nitrogens with zero attached hydrogens (tertiary/aromatic N) is 6. The maximum Gasteiger partial charge on any atom is 0.293 e. The highest BCUT2D eigenvalue weighted by atomic mass is 32.1. The second-order valence-corrected chi connectivity index (χ2v) is 7.32. The van der Waals surface area contributed by atoms with Crippen molar-refractivity contribution < 1.29 is 0 Å². The third-order valence-corrected chi connectivity index (χ3v) is 5.56. The van der Waals surface area contributed by atoms with Crippen molar-refractivity contribution in [3.63, 3.8) is 0 Å². The first-order valence-corrected chi connectivity index (χ1v) is 8.68. The normalized spacial score (nSPS) is 11.9. The number of thiophene rings is 1. The molecule has 0 spiro atoms. The summed E-state index contributed by atoms with van der Waals surface area (Å²) in [5.41, 5.74) is 3.29. The topological polar surface area (TPSA) is 70.5 Å². The van der Waals surface area contributed by atoms with Crippen LogP contribution in [-0.4, -0.2) is 29.3 Å². The van der Waals surface area contributed by atoms with Gasteiger partial charge in [0.2, 0.25) is 0 Å². The second kappa shape index (κ2) is 5.00. The highest BCUT2D eigenvalue weighted by Crippen LogP contribution is 2.32. The van der Waals surface area contributed by atoms with Gasteiger partial charge in [-0.2, -0.15) is 5.10 Å². The monoisotopic (exact) mass is 350 g/mol. The van der Waals surface area contributed by atoms with E-state index in [0.29, 0.717) is 5.52 Å². The standard InChI is InChI=1S/C17H14N6OS/c1-10-7-14-16(25-10)11-8-18-23(17(24)15(11)21(14)2)9-22-13-6-4-3-5-12(13)19-20-22/h3-8H,9H2,1-2H3. The summed E-state index contributed by atoms with van der Waals surface area (Å²) in [6, 6.07) is 9.77. The molecule has 0 saturated carbocycles. The van der Waals surface area contributed by atoms with Crippen LogP contribution < -0.4 is 5.56 Å². The molecule has 7 nitrogen and oxygen atoms in total. The molecule has 4 heterocycles. The first kappa shape index (κ1) is 14.4. The fourth-order valence-electron chi connectivity index (χ4n) is 3.28. The van der Waals surface area contributed by atoms with Gasteiger partial charge in [0.05, 0.1) is 21.9 Å². The molecule has 0 aliphatic carbocycles. The van der Waals surface area contributed by atoms with Gasteiger partial charge >= 0.3 is 0 Å². The Morgan fingerprint density at radius 1 is 1.16 bits per heavy atom. The first-order chi connectivity index (χ1) is 12.1. The zero-order valence-corrected chi connectivity index (χ0v) is 14.5. The number of benzene rings is 1. The fourth-order valence-corrected chi connectivity index (χ4v) is 4.33. The van der Waals surface area contributed by atoms with Crippen LogP contribution in [0.4, 0.5) is 0 Å². The molecule has 0 radical (unpaired) electrons. The van der Waals surface area contributed by atoms with Gasteiger partial charge in [0.25, 0.3) is 5.56 Å². The molecule has 1 aromatic carbocycles. The molecule has 0 N–H and O–H groups in total. The van der Waals surface area contributed by atoms with Gasteiger partial charge in [-0.1, -0.05) is 17.3 Å². The zero-order valence-electron chi connectivity index (χ0n) is 13.7. The van der Waals surface area contributed by atoms with Gasteiger partial charge in [-0.15, -0.1) is 16.4 Å². The molecule has 0 fully saturated rings. The highest BCUT2D eigenvalue weighted by Gasteiger charge is 2.16. The van der Waals surface area contributed by atoms with Crippen molar-refractivity contribution in [2.75, 3.05) is 0 Å². The van der Waals surface area contributed by atoms with Gasteiger partial charge in [0.15, 0.2) is 0 Å².